The Kier molecular flexibility index (Phi) is 6.90. The number of thiocarbonyl (C=S) groups is 1. The third-order valence-corrected chi connectivity index (χ3v) is 5.55. The zero-order valence-corrected chi connectivity index (χ0v) is 19.2. The summed E-state index contributed by atoms with van der Waals surface area (Å²) in [5.74, 6) is 0. The van der Waals surface area contributed by atoms with Gasteiger partial charge in [0.05, 0.1) is 33.7 Å². The number of aromatic nitrogens is 1. The van der Waals surface area contributed by atoms with Gasteiger partial charge >= 0.3 is 0 Å². The lowest BCUT2D eigenvalue weighted by atomic mass is 10.0. The van der Waals surface area contributed by atoms with Crippen LogP contribution in [-0.4, -0.2) is 42.2 Å². The average Bonchev–Trinajstić information content (AvgIpc) is 2.65. The number of nitrogens with one attached hydrogen (secondary N) is 3. The van der Waals surface area contributed by atoms with Crippen molar-refractivity contribution in [3.63, 3.8) is 0 Å². The van der Waals surface area contributed by atoms with Gasteiger partial charge in [0.1, 0.15) is 0 Å². The van der Waals surface area contributed by atoms with Gasteiger partial charge in [-0.1, -0.05) is 18.2 Å². The molecule has 0 amide bonds. The number of likely N-dealkylation sites (N-methyl/N-ethyl adjacent to an activating group) is 1. The number of hydrogen-bond donors (Lipinski definition) is 3. The summed E-state index contributed by atoms with van der Waals surface area (Å²) in [7, 11) is 4.23. The van der Waals surface area contributed by atoms with Crippen LogP contribution in [0.2, 0.25) is 0 Å². The molecule has 0 unspecified atom stereocenters. The van der Waals surface area contributed by atoms with Gasteiger partial charge in [-0.25, -0.2) is 0 Å². The molecule has 0 spiro atoms. The van der Waals surface area contributed by atoms with Gasteiger partial charge in [0.25, 0.3) is 5.56 Å². The second kappa shape index (κ2) is 9.41. The molecular weight excluding hydrogens is 392 g/mol. The maximum atomic E-state index is 12.8. The highest BCUT2D eigenvalue weighted by Crippen LogP contribution is 2.19. The van der Waals surface area contributed by atoms with Crippen molar-refractivity contribution < 1.29 is 4.90 Å². The first-order chi connectivity index (χ1) is 14.2. The van der Waals surface area contributed by atoms with E-state index in [4.69, 9.17) is 12.2 Å². The number of nitrogens with zero attached hydrogens (tertiary/aromatic N) is 1. The van der Waals surface area contributed by atoms with E-state index in [9.17, 15) is 4.79 Å². The molecular formula is C24H31N4OS+. The van der Waals surface area contributed by atoms with Crippen LogP contribution in [0.4, 0.5) is 5.69 Å². The van der Waals surface area contributed by atoms with Crippen molar-refractivity contribution in [2.45, 2.75) is 27.3 Å². The van der Waals surface area contributed by atoms with Crippen LogP contribution in [-0.2, 0) is 6.54 Å². The van der Waals surface area contributed by atoms with Crippen molar-refractivity contribution in [1.29, 1.82) is 0 Å². The molecule has 0 radical (unpaired) electrons. The predicted molar refractivity (Wildman–Crippen MR) is 130 cm³/mol. The highest BCUT2D eigenvalue weighted by atomic mass is 32.1. The van der Waals surface area contributed by atoms with E-state index in [1.165, 1.54) is 10.5 Å². The topological polar surface area (TPSA) is 52.6 Å². The number of fused-ring (bicyclic) bond motifs is 1. The third-order valence-electron chi connectivity index (χ3n) is 5.19. The lowest BCUT2D eigenvalue weighted by molar-refractivity contribution is -0.857. The molecule has 0 aliphatic heterocycles. The third kappa shape index (κ3) is 5.46. The molecule has 5 nitrogen and oxygen atoms in total. The van der Waals surface area contributed by atoms with Crippen LogP contribution in [0.15, 0.2) is 47.3 Å². The minimum atomic E-state index is -0.0620. The number of pyridine rings is 1. The van der Waals surface area contributed by atoms with Crippen LogP contribution in [0, 0.1) is 20.8 Å². The summed E-state index contributed by atoms with van der Waals surface area (Å²) in [5, 5.41) is 5.04. The first kappa shape index (κ1) is 22.0. The molecule has 0 saturated heterocycles. The summed E-state index contributed by atoms with van der Waals surface area (Å²) in [4.78, 5) is 19.3. The fraction of sp³-hybridized carbons (Fsp3) is 0.333. The number of rotatable bonds is 6. The first-order valence-electron chi connectivity index (χ1n) is 10.3. The Labute approximate surface area is 183 Å². The minimum Gasteiger partial charge on any atom is -0.339 e. The molecule has 0 aliphatic carbocycles. The highest BCUT2D eigenvalue weighted by Gasteiger charge is 2.15. The van der Waals surface area contributed by atoms with Crippen molar-refractivity contribution in [3.05, 3.63) is 75.1 Å². The molecule has 158 valence electrons. The van der Waals surface area contributed by atoms with Crippen LogP contribution in [0.1, 0.15) is 22.3 Å². The van der Waals surface area contributed by atoms with Gasteiger partial charge < -0.3 is 20.1 Å². The summed E-state index contributed by atoms with van der Waals surface area (Å²) in [6.45, 7) is 8.31. The Balaban J connectivity index is 1.89. The standard InChI is InChI=1S/C24H30N4OS/c1-16-7-6-8-20(12-16)25-24(30)28(10-9-27(4)5)15-19-14-21-18(3)11-17(2)13-22(21)26-23(19)29/h6-8,11-14H,9-10,15H2,1-5H3,(H,25,30)(H,26,29)/p+1. The molecule has 1 heterocycles. The number of aromatic amines is 1. The van der Waals surface area contributed by atoms with Gasteiger partial charge in [0.15, 0.2) is 5.11 Å². The van der Waals surface area contributed by atoms with E-state index in [1.807, 2.05) is 31.2 Å². The van der Waals surface area contributed by atoms with Crippen molar-refractivity contribution >= 4 is 33.9 Å². The number of benzene rings is 2. The zero-order chi connectivity index (χ0) is 21.8. The number of quaternary nitrogens is 1. The van der Waals surface area contributed by atoms with E-state index in [2.05, 4.69) is 61.3 Å². The van der Waals surface area contributed by atoms with Gasteiger partial charge in [-0.15, -0.1) is 0 Å². The van der Waals surface area contributed by atoms with E-state index >= 15 is 0 Å². The van der Waals surface area contributed by atoms with E-state index < -0.39 is 0 Å². The fourth-order valence-corrected chi connectivity index (χ4v) is 3.85. The largest absolute Gasteiger partial charge is 0.339 e. The molecule has 2 aromatic carbocycles. The SMILES string of the molecule is Cc1cccc(NC(=S)N(CC[NH+](C)C)Cc2cc3c(C)cc(C)cc3[nH]c2=O)c1. The molecule has 3 aromatic rings. The van der Waals surface area contributed by atoms with Crippen molar-refractivity contribution in [3.8, 4) is 0 Å². The summed E-state index contributed by atoms with van der Waals surface area (Å²) < 4.78 is 0. The summed E-state index contributed by atoms with van der Waals surface area (Å²) >= 11 is 5.73. The molecule has 0 aliphatic rings. The van der Waals surface area contributed by atoms with Crippen LogP contribution in [0.5, 0.6) is 0 Å². The smallest absolute Gasteiger partial charge is 0.253 e. The Hall–Kier alpha value is -2.70. The van der Waals surface area contributed by atoms with Crippen molar-refractivity contribution in [2.24, 2.45) is 0 Å². The minimum absolute atomic E-state index is 0.0620. The monoisotopic (exact) mass is 423 g/mol. The van der Waals surface area contributed by atoms with E-state index in [0.717, 1.165) is 46.4 Å². The van der Waals surface area contributed by atoms with Gasteiger partial charge in [-0.05, 0) is 73.9 Å². The average molecular weight is 424 g/mol. The van der Waals surface area contributed by atoms with Crippen LogP contribution in [0.3, 0.4) is 0 Å². The molecule has 0 atom stereocenters. The Morgan fingerprint density at radius 1 is 1.10 bits per heavy atom. The Bertz CT molecular complexity index is 1120. The van der Waals surface area contributed by atoms with Gasteiger partial charge in [0, 0.05) is 22.2 Å². The highest BCUT2D eigenvalue weighted by molar-refractivity contribution is 7.80. The van der Waals surface area contributed by atoms with E-state index in [0.29, 0.717) is 11.7 Å². The second-order valence-corrected chi connectivity index (χ2v) is 8.73. The predicted octanol–water partition coefficient (Wildman–Crippen LogP) is 2.80. The normalized spacial score (nSPS) is 11.1. The first-order valence-corrected chi connectivity index (χ1v) is 10.7. The number of aryl methyl sites for hydroxylation is 3. The number of H-pyrrole nitrogens is 1. The van der Waals surface area contributed by atoms with Gasteiger partial charge in [-0.3, -0.25) is 4.79 Å². The molecule has 3 rings (SSSR count). The maximum absolute atomic E-state index is 12.8. The lowest BCUT2D eigenvalue weighted by Crippen LogP contribution is -3.06. The molecule has 3 N–H and O–H groups in total. The van der Waals surface area contributed by atoms with Crippen LogP contribution in [0.25, 0.3) is 10.9 Å². The summed E-state index contributed by atoms with van der Waals surface area (Å²) in [5.41, 5.74) is 5.97. The molecule has 1 aromatic heterocycles. The van der Waals surface area contributed by atoms with Crippen molar-refractivity contribution in [1.82, 2.24) is 9.88 Å². The zero-order valence-electron chi connectivity index (χ0n) is 18.4. The van der Waals surface area contributed by atoms with E-state index in [-0.39, 0.29) is 5.56 Å². The van der Waals surface area contributed by atoms with Gasteiger partial charge in [-0.2, -0.15) is 0 Å². The molecule has 0 bridgehead atoms. The quantitative estimate of drug-likeness (QED) is 0.534. The Morgan fingerprint density at radius 3 is 2.57 bits per heavy atom. The van der Waals surface area contributed by atoms with E-state index in [1.54, 1.807) is 0 Å². The number of anilines is 1. The molecule has 6 heteroatoms. The maximum Gasteiger partial charge on any atom is 0.253 e. The number of hydrogen-bond acceptors (Lipinski definition) is 2. The van der Waals surface area contributed by atoms with Gasteiger partial charge in [0.2, 0.25) is 0 Å². The molecule has 0 fully saturated rings. The summed E-state index contributed by atoms with van der Waals surface area (Å²) in [6.07, 6.45) is 0. The summed E-state index contributed by atoms with van der Waals surface area (Å²) in [6, 6.07) is 14.3. The van der Waals surface area contributed by atoms with Crippen LogP contribution < -0.4 is 15.8 Å². The van der Waals surface area contributed by atoms with Crippen molar-refractivity contribution in [2.75, 3.05) is 32.5 Å². The Morgan fingerprint density at radius 2 is 1.87 bits per heavy atom. The van der Waals surface area contributed by atoms with Crippen LogP contribution >= 0.6 is 12.2 Å². The lowest BCUT2D eigenvalue weighted by Gasteiger charge is -2.26. The molecule has 0 saturated carbocycles. The fourth-order valence-electron chi connectivity index (χ4n) is 3.58. The molecule has 30 heavy (non-hydrogen) atoms. The second-order valence-electron chi connectivity index (χ2n) is 8.35.